The number of benzene rings is 2. The van der Waals surface area contributed by atoms with Crippen LogP contribution in [-0.2, 0) is 4.74 Å². The molecule has 144 valence electrons. The number of ketones is 1. The maximum Gasteiger partial charge on any atom is 0.374 e. The zero-order chi connectivity index (χ0) is 20.0. The Kier molecular flexibility index (Phi) is 4.05. The molecule has 0 amide bonds. The van der Waals surface area contributed by atoms with E-state index in [1.54, 1.807) is 37.5 Å². The van der Waals surface area contributed by atoms with Crippen molar-refractivity contribution >= 4 is 22.7 Å². The zero-order valence-electron chi connectivity index (χ0n) is 15.8. The van der Waals surface area contributed by atoms with Crippen molar-refractivity contribution < 1.29 is 18.7 Å². The highest BCUT2D eigenvalue weighted by Crippen LogP contribution is 2.41. The van der Waals surface area contributed by atoms with Crippen LogP contribution in [0, 0.1) is 0 Å². The molecule has 4 aromatic rings. The highest BCUT2D eigenvalue weighted by atomic mass is 16.5. The van der Waals surface area contributed by atoms with Crippen LogP contribution in [0.25, 0.3) is 22.2 Å². The zero-order valence-corrected chi connectivity index (χ0v) is 15.8. The van der Waals surface area contributed by atoms with E-state index < -0.39 is 5.97 Å². The van der Waals surface area contributed by atoms with Gasteiger partial charge in [0, 0.05) is 22.9 Å². The Hall–Kier alpha value is -3.67. The molecule has 0 N–H and O–H groups in total. The van der Waals surface area contributed by atoms with Crippen LogP contribution in [0.1, 0.15) is 45.9 Å². The maximum atomic E-state index is 13.1. The molecule has 0 spiro atoms. The molecule has 6 heteroatoms. The first kappa shape index (κ1) is 17.4. The van der Waals surface area contributed by atoms with E-state index in [1.165, 1.54) is 0 Å². The number of fused-ring (bicyclic) bond motifs is 4. The lowest BCUT2D eigenvalue weighted by atomic mass is 9.96. The number of hydrogen-bond acceptors (Lipinski definition) is 5. The second-order valence-corrected chi connectivity index (χ2v) is 7.00. The Morgan fingerprint density at radius 1 is 1.17 bits per heavy atom. The number of esters is 1. The smallest absolute Gasteiger partial charge is 0.374 e. The summed E-state index contributed by atoms with van der Waals surface area (Å²) in [7, 11) is 0. The average molecular weight is 386 g/mol. The fourth-order valence-electron chi connectivity index (χ4n) is 3.95. The van der Waals surface area contributed by atoms with Crippen LogP contribution in [0.5, 0.6) is 0 Å². The topological polar surface area (TPSA) is 74.3 Å². The summed E-state index contributed by atoms with van der Waals surface area (Å²) in [6.45, 7) is 2.02. The number of hydrogen-bond donors (Lipinski definition) is 0. The van der Waals surface area contributed by atoms with Gasteiger partial charge in [0.15, 0.2) is 5.78 Å². The van der Waals surface area contributed by atoms with Gasteiger partial charge in [-0.3, -0.25) is 4.79 Å². The maximum absolute atomic E-state index is 13.1. The molecule has 1 aliphatic rings. The summed E-state index contributed by atoms with van der Waals surface area (Å²) < 4.78 is 12.6. The van der Waals surface area contributed by atoms with Crippen LogP contribution in [0.3, 0.4) is 0 Å². The molecule has 0 aliphatic carbocycles. The minimum Gasteiger partial charge on any atom is -0.460 e. The van der Waals surface area contributed by atoms with E-state index in [1.807, 2.05) is 18.3 Å². The first-order chi connectivity index (χ1) is 14.2. The third kappa shape index (κ3) is 2.84. The van der Waals surface area contributed by atoms with E-state index >= 15 is 0 Å². The summed E-state index contributed by atoms with van der Waals surface area (Å²) in [5.41, 5.74) is 4.41. The number of nitrogens with zero attached hydrogens (tertiary/aromatic N) is 2. The van der Waals surface area contributed by atoms with Gasteiger partial charge in [-0.15, -0.1) is 0 Å². The second-order valence-electron chi connectivity index (χ2n) is 7.00. The van der Waals surface area contributed by atoms with Gasteiger partial charge in [-0.05, 0) is 36.8 Å². The van der Waals surface area contributed by atoms with Crippen molar-refractivity contribution in [1.82, 2.24) is 9.55 Å². The Morgan fingerprint density at radius 3 is 2.90 bits per heavy atom. The average Bonchev–Trinajstić information content (AvgIpc) is 3.43. The van der Waals surface area contributed by atoms with Crippen molar-refractivity contribution in [3.8, 4) is 11.3 Å². The number of Topliss-reactive ketones (excluding diaryl/α,β-unsaturated/α-hetero) is 1. The number of carbonyl (C=O) groups is 2. The summed E-state index contributed by atoms with van der Waals surface area (Å²) in [6, 6.07) is 14.9. The molecule has 0 saturated heterocycles. The van der Waals surface area contributed by atoms with Crippen molar-refractivity contribution in [3.63, 3.8) is 0 Å². The van der Waals surface area contributed by atoms with Crippen molar-refractivity contribution in [1.29, 1.82) is 0 Å². The molecule has 0 radical (unpaired) electrons. The molecule has 0 bridgehead atoms. The molecule has 29 heavy (non-hydrogen) atoms. The van der Waals surface area contributed by atoms with E-state index in [9.17, 15) is 9.59 Å². The molecule has 2 aromatic carbocycles. The van der Waals surface area contributed by atoms with Crippen molar-refractivity contribution in [2.24, 2.45) is 0 Å². The Bertz CT molecular complexity index is 1250. The van der Waals surface area contributed by atoms with E-state index in [4.69, 9.17) is 9.15 Å². The van der Waals surface area contributed by atoms with E-state index in [0.717, 1.165) is 16.8 Å². The fourth-order valence-corrected chi connectivity index (χ4v) is 3.95. The second kappa shape index (κ2) is 6.74. The van der Waals surface area contributed by atoms with Gasteiger partial charge in [-0.2, -0.15) is 0 Å². The van der Waals surface area contributed by atoms with Gasteiger partial charge in [0.1, 0.15) is 5.58 Å². The SMILES string of the molecule is CCOC(=O)c1cc2cc(C(=O)CC3c4ccccc4-c4cncn43)ccc2o1. The quantitative estimate of drug-likeness (QED) is 0.369. The molecule has 2 aromatic heterocycles. The molecular weight excluding hydrogens is 368 g/mol. The van der Waals surface area contributed by atoms with Crippen LogP contribution in [0.4, 0.5) is 0 Å². The Morgan fingerprint density at radius 2 is 2.03 bits per heavy atom. The van der Waals surface area contributed by atoms with Gasteiger partial charge in [-0.25, -0.2) is 9.78 Å². The molecule has 1 unspecified atom stereocenters. The molecular formula is C23H18N2O4. The first-order valence-corrected chi connectivity index (χ1v) is 9.50. The van der Waals surface area contributed by atoms with E-state index in [0.29, 0.717) is 23.0 Å². The molecule has 1 aliphatic heterocycles. The fraction of sp³-hybridized carbons (Fsp3) is 0.174. The van der Waals surface area contributed by atoms with Crippen LogP contribution in [0.15, 0.2) is 65.5 Å². The summed E-state index contributed by atoms with van der Waals surface area (Å²) in [5.74, 6) is -0.349. The lowest BCUT2D eigenvalue weighted by Gasteiger charge is -2.14. The molecule has 1 atom stereocenters. The number of furan rings is 1. The molecule has 5 rings (SSSR count). The highest BCUT2D eigenvalue weighted by Gasteiger charge is 2.30. The van der Waals surface area contributed by atoms with Crippen LogP contribution >= 0.6 is 0 Å². The highest BCUT2D eigenvalue weighted by molar-refractivity contribution is 6.01. The number of ether oxygens (including phenoxy) is 1. The summed E-state index contributed by atoms with van der Waals surface area (Å²) >= 11 is 0. The van der Waals surface area contributed by atoms with Crippen LogP contribution in [-0.4, -0.2) is 27.9 Å². The summed E-state index contributed by atoms with van der Waals surface area (Å²) in [6.07, 6.45) is 3.93. The number of aromatic nitrogens is 2. The molecule has 3 heterocycles. The molecule has 6 nitrogen and oxygen atoms in total. The van der Waals surface area contributed by atoms with Crippen molar-refractivity contribution in [2.75, 3.05) is 6.61 Å². The largest absolute Gasteiger partial charge is 0.460 e. The van der Waals surface area contributed by atoms with Gasteiger partial charge >= 0.3 is 5.97 Å². The number of imidazole rings is 1. The van der Waals surface area contributed by atoms with Crippen LogP contribution in [0.2, 0.25) is 0 Å². The lowest BCUT2D eigenvalue weighted by Crippen LogP contribution is -2.11. The Labute approximate surface area is 166 Å². The lowest BCUT2D eigenvalue weighted by molar-refractivity contribution is 0.0492. The molecule has 0 fully saturated rings. The van der Waals surface area contributed by atoms with E-state index in [2.05, 4.69) is 21.7 Å². The van der Waals surface area contributed by atoms with Gasteiger partial charge < -0.3 is 13.7 Å². The van der Waals surface area contributed by atoms with Gasteiger partial charge in [0.25, 0.3) is 0 Å². The first-order valence-electron chi connectivity index (χ1n) is 9.50. The third-order valence-electron chi connectivity index (χ3n) is 5.29. The number of carbonyl (C=O) groups excluding carboxylic acids is 2. The van der Waals surface area contributed by atoms with Gasteiger partial charge in [-0.1, -0.05) is 24.3 Å². The van der Waals surface area contributed by atoms with Crippen LogP contribution < -0.4 is 0 Å². The monoisotopic (exact) mass is 386 g/mol. The Balaban J connectivity index is 1.44. The standard InChI is InChI=1S/C23H18N2O4/c1-2-28-23(27)22-10-15-9-14(7-8-21(15)29-22)20(26)11-18-16-5-3-4-6-17(16)19-12-24-13-25(18)19/h3-10,12-13,18H,2,11H2,1H3. The summed E-state index contributed by atoms with van der Waals surface area (Å²) in [4.78, 5) is 29.2. The predicted octanol–water partition coefficient (Wildman–Crippen LogP) is 4.65. The number of rotatable bonds is 5. The van der Waals surface area contributed by atoms with Gasteiger partial charge in [0.05, 0.1) is 30.9 Å². The molecule has 0 saturated carbocycles. The van der Waals surface area contributed by atoms with E-state index in [-0.39, 0.29) is 24.2 Å². The minimum absolute atomic E-state index is 0.0205. The minimum atomic E-state index is -0.508. The van der Waals surface area contributed by atoms with Gasteiger partial charge in [0.2, 0.25) is 5.76 Å². The predicted molar refractivity (Wildman–Crippen MR) is 107 cm³/mol. The third-order valence-corrected chi connectivity index (χ3v) is 5.29. The van der Waals surface area contributed by atoms with Crippen molar-refractivity contribution in [3.05, 3.63) is 77.9 Å². The summed E-state index contributed by atoms with van der Waals surface area (Å²) in [5, 5.41) is 0.703. The van der Waals surface area contributed by atoms with Crippen molar-refractivity contribution in [2.45, 2.75) is 19.4 Å². The normalized spacial score (nSPS) is 14.6.